The zero-order valence-corrected chi connectivity index (χ0v) is 11.9. The summed E-state index contributed by atoms with van der Waals surface area (Å²) in [6.45, 7) is 7.89. The lowest BCUT2D eigenvalue weighted by molar-refractivity contribution is 0.0697. The van der Waals surface area contributed by atoms with Gasteiger partial charge in [-0.3, -0.25) is 0 Å². The van der Waals surface area contributed by atoms with Crippen LogP contribution in [0.4, 0.5) is 0 Å². The molecule has 0 aromatic heterocycles. The Morgan fingerprint density at radius 3 is 2.32 bits per heavy atom. The first-order chi connectivity index (χ1) is 9.00. The smallest absolute Gasteiger partial charge is 0.335 e. The first-order valence-corrected chi connectivity index (χ1v) is 6.72. The van der Waals surface area contributed by atoms with Crippen LogP contribution >= 0.6 is 0 Å². The van der Waals surface area contributed by atoms with E-state index in [1.165, 1.54) is 0 Å². The van der Waals surface area contributed by atoms with Gasteiger partial charge in [-0.25, -0.2) is 4.79 Å². The van der Waals surface area contributed by atoms with Gasteiger partial charge in [-0.2, -0.15) is 0 Å². The van der Waals surface area contributed by atoms with Gasteiger partial charge in [-0.15, -0.1) is 0 Å². The van der Waals surface area contributed by atoms with Gasteiger partial charge in [-0.05, 0) is 44.0 Å². The van der Waals surface area contributed by atoms with Crippen molar-refractivity contribution >= 4 is 5.97 Å². The molecule has 0 bridgehead atoms. The van der Waals surface area contributed by atoms with Crippen molar-refractivity contribution in [2.24, 2.45) is 0 Å². The Morgan fingerprint density at radius 2 is 1.84 bits per heavy atom. The van der Waals surface area contributed by atoms with Crippen molar-refractivity contribution in [3.05, 3.63) is 29.8 Å². The van der Waals surface area contributed by atoms with Gasteiger partial charge >= 0.3 is 5.97 Å². The highest BCUT2D eigenvalue weighted by atomic mass is 16.5. The maximum Gasteiger partial charge on any atom is 0.335 e. The third-order valence-electron chi connectivity index (χ3n) is 3.58. The minimum absolute atomic E-state index is 0.163. The number of carbonyl (C=O) groups is 1. The highest BCUT2D eigenvalue weighted by Crippen LogP contribution is 2.14. The standard InChI is InChI=1S/C15H23NO3/c1-4-15(3,5-2)16-10-11-19-13-8-6-12(7-9-13)14(17)18/h6-9,16H,4-5,10-11H2,1-3H3,(H,17,18). The minimum Gasteiger partial charge on any atom is -0.492 e. The molecule has 0 radical (unpaired) electrons. The fraction of sp³-hybridized carbons (Fsp3) is 0.533. The molecule has 0 atom stereocenters. The van der Waals surface area contributed by atoms with Gasteiger partial charge in [0.2, 0.25) is 0 Å². The molecule has 0 saturated heterocycles. The van der Waals surface area contributed by atoms with Crippen LogP contribution in [-0.2, 0) is 0 Å². The number of hydrogen-bond donors (Lipinski definition) is 2. The molecule has 0 aliphatic heterocycles. The summed E-state index contributed by atoms with van der Waals surface area (Å²) in [5.41, 5.74) is 0.436. The molecular weight excluding hydrogens is 242 g/mol. The van der Waals surface area contributed by atoms with Crippen molar-refractivity contribution in [3.8, 4) is 5.75 Å². The number of benzene rings is 1. The summed E-state index contributed by atoms with van der Waals surface area (Å²) in [5.74, 6) is -0.226. The van der Waals surface area contributed by atoms with Crippen LogP contribution in [0, 0.1) is 0 Å². The number of carboxylic acid groups (broad SMARTS) is 1. The van der Waals surface area contributed by atoms with Crippen LogP contribution in [-0.4, -0.2) is 29.8 Å². The average molecular weight is 265 g/mol. The lowest BCUT2D eigenvalue weighted by atomic mass is 9.96. The van der Waals surface area contributed by atoms with Crippen molar-refractivity contribution < 1.29 is 14.6 Å². The Morgan fingerprint density at radius 1 is 1.26 bits per heavy atom. The van der Waals surface area contributed by atoms with Crippen LogP contribution in [0.25, 0.3) is 0 Å². The van der Waals surface area contributed by atoms with Crippen molar-refractivity contribution in [2.45, 2.75) is 39.2 Å². The number of aromatic carboxylic acids is 1. The molecule has 0 aliphatic carbocycles. The van der Waals surface area contributed by atoms with Crippen LogP contribution in [0.1, 0.15) is 44.0 Å². The molecule has 1 aromatic rings. The van der Waals surface area contributed by atoms with Crippen LogP contribution in [0.15, 0.2) is 24.3 Å². The maximum absolute atomic E-state index is 10.7. The van der Waals surface area contributed by atoms with E-state index >= 15 is 0 Å². The van der Waals surface area contributed by atoms with Crippen LogP contribution < -0.4 is 10.1 Å². The lowest BCUT2D eigenvalue weighted by Crippen LogP contribution is -2.43. The zero-order chi connectivity index (χ0) is 14.3. The highest BCUT2D eigenvalue weighted by Gasteiger charge is 2.17. The van der Waals surface area contributed by atoms with E-state index in [1.54, 1.807) is 24.3 Å². The van der Waals surface area contributed by atoms with E-state index in [-0.39, 0.29) is 11.1 Å². The number of carboxylic acids is 1. The summed E-state index contributed by atoms with van der Waals surface area (Å²) in [6, 6.07) is 6.46. The van der Waals surface area contributed by atoms with Crippen molar-refractivity contribution in [1.82, 2.24) is 5.32 Å². The molecule has 1 rings (SSSR count). The van der Waals surface area contributed by atoms with Crippen LogP contribution in [0.5, 0.6) is 5.75 Å². The third-order valence-corrected chi connectivity index (χ3v) is 3.58. The Balaban J connectivity index is 2.35. The van der Waals surface area contributed by atoms with Gasteiger partial charge < -0.3 is 15.2 Å². The van der Waals surface area contributed by atoms with E-state index in [4.69, 9.17) is 9.84 Å². The molecule has 106 valence electrons. The van der Waals surface area contributed by atoms with E-state index in [1.807, 2.05) is 0 Å². The topological polar surface area (TPSA) is 58.6 Å². The van der Waals surface area contributed by atoms with Crippen molar-refractivity contribution in [1.29, 1.82) is 0 Å². The summed E-state index contributed by atoms with van der Waals surface area (Å²) in [5, 5.41) is 12.3. The number of nitrogens with one attached hydrogen (secondary N) is 1. The summed E-state index contributed by atoms with van der Waals surface area (Å²) >= 11 is 0. The van der Waals surface area contributed by atoms with Crippen molar-refractivity contribution in [2.75, 3.05) is 13.2 Å². The molecule has 0 fully saturated rings. The monoisotopic (exact) mass is 265 g/mol. The van der Waals surface area contributed by atoms with E-state index in [0.29, 0.717) is 12.4 Å². The summed E-state index contributed by atoms with van der Waals surface area (Å²) in [6.07, 6.45) is 2.16. The highest BCUT2D eigenvalue weighted by molar-refractivity contribution is 5.87. The first kappa shape index (κ1) is 15.5. The predicted molar refractivity (Wildman–Crippen MR) is 75.9 cm³/mol. The van der Waals surface area contributed by atoms with Gasteiger partial charge in [-0.1, -0.05) is 13.8 Å². The molecule has 4 nitrogen and oxygen atoms in total. The lowest BCUT2D eigenvalue weighted by Gasteiger charge is -2.28. The second-order valence-corrected chi connectivity index (χ2v) is 4.87. The first-order valence-electron chi connectivity index (χ1n) is 6.72. The SMILES string of the molecule is CCC(C)(CC)NCCOc1ccc(C(=O)O)cc1. The number of hydrogen-bond acceptors (Lipinski definition) is 3. The number of rotatable bonds is 8. The Labute approximate surface area is 114 Å². The number of ether oxygens (including phenoxy) is 1. The van der Waals surface area contributed by atoms with E-state index in [9.17, 15) is 4.79 Å². The van der Waals surface area contributed by atoms with E-state index < -0.39 is 5.97 Å². The second kappa shape index (κ2) is 7.14. The largest absolute Gasteiger partial charge is 0.492 e. The Kier molecular flexibility index (Phi) is 5.83. The van der Waals surface area contributed by atoms with Gasteiger partial charge in [0.15, 0.2) is 0 Å². The van der Waals surface area contributed by atoms with Crippen molar-refractivity contribution in [3.63, 3.8) is 0 Å². The summed E-state index contributed by atoms with van der Waals surface area (Å²) in [4.78, 5) is 10.7. The fourth-order valence-corrected chi connectivity index (χ4v) is 1.72. The minimum atomic E-state index is -0.921. The summed E-state index contributed by atoms with van der Waals surface area (Å²) < 4.78 is 5.57. The molecule has 0 aliphatic rings. The molecule has 0 spiro atoms. The Hall–Kier alpha value is -1.55. The second-order valence-electron chi connectivity index (χ2n) is 4.87. The Bertz CT molecular complexity index is 396. The quantitative estimate of drug-likeness (QED) is 0.710. The zero-order valence-electron chi connectivity index (χ0n) is 11.9. The molecule has 1 aromatic carbocycles. The maximum atomic E-state index is 10.7. The third kappa shape index (κ3) is 4.91. The molecular formula is C15H23NO3. The molecule has 2 N–H and O–H groups in total. The van der Waals surface area contributed by atoms with Gasteiger partial charge in [0.1, 0.15) is 12.4 Å². The van der Waals surface area contributed by atoms with Crippen LogP contribution in [0.3, 0.4) is 0 Å². The fourth-order valence-electron chi connectivity index (χ4n) is 1.72. The molecule has 0 amide bonds. The molecule has 0 heterocycles. The van der Waals surface area contributed by atoms with Gasteiger partial charge in [0.05, 0.1) is 5.56 Å². The predicted octanol–water partition coefficient (Wildman–Crippen LogP) is 2.93. The summed E-state index contributed by atoms with van der Waals surface area (Å²) in [7, 11) is 0. The molecule has 0 saturated carbocycles. The molecule has 4 heteroatoms. The van der Waals surface area contributed by atoms with E-state index in [0.717, 1.165) is 19.4 Å². The molecule has 19 heavy (non-hydrogen) atoms. The van der Waals surface area contributed by atoms with Gasteiger partial charge in [0, 0.05) is 12.1 Å². The van der Waals surface area contributed by atoms with E-state index in [2.05, 4.69) is 26.1 Å². The van der Waals surface area contributed by atoms with Gasteiger partial charge in [0.25, 0.3) is 0 Å². The average Bonchev–Trinajstić information content (AvgIpc) is 2.44. The normalized spacial score (nSPS) is 11.3. The molecule has 0 unspecified atom stereocenters. The van der Waals surface area contributed by atoms with Crippen LogP contribution in [0.2, 0.25) is 0 Å².